The minimum atomic E-state index is 0.686. The molecule has 0 fully saturated rings. The fourth-order valence-corrected chi connectivity index (χ4v) is 2.48. The number of hydrogen-bond donors (Lipinski definition) is 2. The second kappa shape index (κ2) is 5.47. The molecule has 0 radical (unpaired) electrons. The molecule has 1 heterocycles. The van der Waals surface area contributed by atoms with Crippen LogP contribution in [0.15, 0.2) is 48.7 Å². The van der Waals surface area contributed by atoms with Gasteiger partial charge in [-0.15, -0.1) is 0 Å². The van der Waals surface area contributed by atoms with E-state index in [9.17, 15) is 0 Å². The van der Waals surface area contributed by atoms with Gasteiger partial charge in [0.05, 0.1) is 18.3 Å². The highest BCUT2D eigenvalue weighted by atomic mass is 35.5. The Morgan fingerprint density at radius 1 is 1.20 bits per heavy atom. The molecule has 2 aromatic carbocycles. The third kappa shape index (κ3) is 2.45. The fraction of sp³-hybridized carbons (Fsp3) is 0.125. The van der Waals surface area contributed by atoms with Gasteiger partial charge in [-0.1, -0.05) is 29.8 Å². The zero-order valence-corrected chi connectivity index (χ0v) is 11.9. The smallest absolute Gasteiger partial charge is 0.142 e. The first-order valence-electron chi connectivity index (χ1n) is 6.40. The van der Waals surface area contributed by atoms with Gasteiger partial charge in [0.2, 0.25) is 0 Å². The molecule has 0 saturated carbocycles. The van der Waals surface area contributed by atoms with Crippen LogP contribution in [-0.2, 0) is 6.54 Å². The lowest BCUT2D eigenvalue weighted by Crippen LogP contribution is -2.02. The Hall–Kier alpha value is -2.13. The molecule has 0 atom stereocenters. The van der Waals surface area contributed by atoms with E-state index in [4.69, 9.17) is 16.3 Å². The second-order valence-electron chi connectivity index (χ2n) is 4.56. The molecule has 0 saturated heterocycles. The largest absolute Gasteiger partial charge is 0.495 e. The Morgan fingerprint density at radius 2 is 2.10 bits per heavy atom. The average molecular weight is 287 g/mol. The molecule has 3 aromatic rings. The van der Waals surface area contributed by atoms with Gasteiger partial charge in [0.15, 0.2) is 0 Å². The van der Waals surface area contributed by atoms with E-state index in [0.29, 0.717) is 11.6 Å². The van der Waals surface area contributed by atoms with Crippen LogP contribution in [0.25, 0.3) is 10.9 Å². The van der Waals surface area contributed by atoms with Gasteiger partial charge in [-0.05, 0) is 35.2 Å². The normalized spacial score (nSPS) is 10.7. The fourth-order valence-electron chi connectivity index (χ4n) is 2.31. The zero-order valence-electron chi connectivity index (χ0n) is 11.1. The summed E-state index contributed by atoms with van der Waals surface area (Å²) in [6, 6.07) is 13.9. The molecule has 4 heteroatoms. The minimum absolute atomic E-state index is 0.686. The highest BCUT2D eigenvalue weighted by Crippen LogP contribution is 2.28. The number of anilines is 1. The number of aromatic amines is 1. The number of methoxy groups -OCH3 is 1. The van der Waals surface area contributed by atoms with Crippen molar-refractivity contribution >= 4 is 28.2 Å². The maximum atomic E-state index is 6.03. The number of nitrogens with one attached hydrogen (secondary N) is 2. The molecule has 0 aliphatic carbocycles. The van der Waals surface area contributed by atoms with E-state index in [2.05, 4.69) is 34.6 Å². The van der Waals surface area contributed by atoms with Crippen molar-refractivity contribution in [2.45, 2.75) is 6.54 Å². The molecule has 0 aliphatic rings. The van der Waals surface area contributed by atoms with Crippen LogP contribution in [0.5, 0.6) is 5.75 Å². The lowest BCUT2D eigenvalue weighted by atomic mass is 10.1. The van der Waals surface area contributed by atoms with Gasteiger partial charge < -0.3 is 15.0 Å². The number of aromatic nitrogens is 1. The summed E-state index contributed by atoms with van der Waals surface area (Å²) in [4.78, 5) is 3.27. The maximum absolute atomic E-state index is 6.03. The van der Waals surface area contributed by atoms with Crippen LogP contribution in [0.4, 0.5) is 5.69 Å². The number of rotatable bonds is 4. The number of H-pyrrole nitrogens is 1. The van der Waals surface area contributed by atoms with Crippen LogP contribution < -0.4 is 10.1 Å². The minimum Gasteiger partial charge on any atom is -0.495 e. The summed E-state index contributed by atoms with van der Waals surface area (Å²) in [5.74, 6) is 0.785. The molecule has 3 rings (SSSR count). The molecule has 0 amide bonds. The summed E-state index contributed by atoms with van der Waals surface area (Å²) in [7, 11) is 1.65. The van der Waals surface area contributed by atoms with Crippen LogP contribution in [-0.4, -0.2) is 12.1 Å². The molecule has 0 aliphatic heterocycles. The van der Waals surface area contributed by atoms with Crippen molar-refractivity contribution in [3.8, 4) is 5.75 Å². The summed E-state index contributed by atoms with van der Waals surface area (Å²) < 4.78 is 5.33. The van der Waals surface area contributed by atoms with E-state index in [-0.39, 0.29) is 0 Å². The highest BCUT2D eigenvalue weighted by molar-refractivity contribution is 6.30. The van der Waals surface area contributed by atoms with Gasteiger partial charge in [0.1, 0.15) is 5.75 Å². The van der Waals surface area contributed by atoms with E-state index >= 15 is 0 Å². The number of halogens is 1. The molecular formula is C16H15ClN2O. The molecule has 0 bridgehead atoms. The lowest BCUT2D eigenvalue weighted by Gasteiger charge is -2.12. The van der Waals surface area contributed by atoms with Gasteiger partial charge in [0.25, 0.3) is 0 Å². The number of benzene rings is 2. The van der Waals surface area contributed by atoms with E-state index in [1.165, 1.54) is 10.9 Å². The van der Waals surface area contributed by atoms with Gasteiger partial charge in [-0.3, -0.25) is 0 Å². The van der Waals surface area contributed by atoms with E-state index in [1.54, 1.807) is 7.11 Å². The molecule has 1 aromatic heterocycles. The second-order valence-corrected chi connectivity index (χ2v) is 4.99. The van der Waals surface area contributed by atoms with Crippen LogP contribution >= 0.6 is 11.6 Å². The van der Waals surface area contributed by atoms with Gasteiger partial charge in [-0.25, -0.2) is 0 Å². The summed E-state index contributed by atoms with van der Waals surface area (Å²) in [6.07, 6.45) is 1.95. The summed E-state index contributed by atoms with van der Waals surface area (Å²) in [6.45, 7) is 0.703. The van der Waals surface area contributed by atoms with Crippen molar-refractivity contribution in [1.82, 2.24) is 4.98 Å². The molecule has 20 heavy (non-hydrogen) atoms. The first kappa shape index (κ1) is 12.9. The van der Waals surface area contributed by atoms with Crippen molar-refractivity contribution < 1.29 is 4.74 Å². The summed E-state index contributed by atoms with van der Waals surface area (Å²) in [5, 5.41) is 5.27. The first-order valence-corrected chi connectivity index (χ1v) is 6.78. The van der Waals surface area contributed by atoms with Gasteiger partial charge >= 0.3 is 0 Å². The molecular weight excluding hydrogens is 272 g/mol. The van der Waals surface area contributed by atoms with Crippen molar-refractivity contribution in [2.75, 3.05) is 12.4 Å². The van der Waals surface area contributed by atoms with Gasteiger partial charge in [0, 0.05) is 17.8 Å². The number of fused-ring (bicyclic) bond motifs is 1. The van der Waals surface area contributed by atoms with E-state index in [0.717, 1.165) is 17.0 Å². The van der Waals surface area contributed by atoms with Gasteiger partial charge in [-0.2, -0.15) is 0 Å². The Kier molecular flexibility index (Phi) is 3.52. The first-order chi connectivity index (χ1) is 9.78. The van der Waals surface area contributed by atoms with Crippen LogP contribution in [0.3, 0.4) is 0 Å². The Bertz CT molecular complexity index is 736. The predicted octanol–water partition coefficient (Wildman–Crippen LogP) is 4.44. The Morgan fingerprint density at radius 3 is 2.95 bits per heavy atom. The van der Waals surface area contributed by atoms with Crippen molar-refractivity contribution in [1.29, 1.82) is 0 Å². The monoisotopic (exact) mass is 286 g/mol. The molecule has 102 valence electrons. The van der Waals surface area contributed by atoms with Crippen molar-refractivity contribution in [2.24, 2.45) is 0 Å². The van der Waals surface area contributed by atoms with Crippen LogP contribution in [0.1, 0.15) is 5.56 Å². The number of hydrogen-bond acceptors (Lipinski definition) is 2. The van der Waals surface area contributed by atoms with Crippen molar-refractivity contribution in [3.63, 3.8) is 0 Å². The number of para-hydroxylation sites is 1. The zero-order chi connectivity index (χ0) is 13.9. The summed E-state index contributed by atoms with van der Waals surface area (Å²) in [5.41, 5.74) is 3.25. The molecule has 0 spiro atoms. The Balaban J connectivity index is 1.86. The number of ether oxygens (including phenoxy) is 1. The third-order valence-corrected chi connectivity index (χ3v) is 3.54. The quantitative estimate of drug-likeness (QED) is 0.744. The van der Waals surface area contributed by atoms with E-state index < -0.39 is 0 Å². The maximum Gasteiger partial charge on any atom is 0.142 e. The SMILES string of the molecule is COc1ccc(Cl)cc1NCc1cccc2cc[nH]c12. The lowest BCUT2D eigenvalue weighted by molar-refractivity contribution is 0.416. The highest BCUT2D eigenvalue weighted by Gasteiger charge is 2.05. The summed E-state index contributed by atoms with van der Waals surface area (Å²) >= 11 is 6.03. The molecule has 0 unspecified atom stereocenters. The Labute approximate surface area is 122 Å². The average Bonchev–Trinajstić information content (AvgIpc) is 2.94. The third-order valence-electron chi connectivity index (χ3n) is 3.30. The molecule has 2 N–H and O–H groups in total. The van der Waals surface area contributed by atoms with Crippen LogP contribution in [0.2, 0.25) is 5.02 Å². The predicted molar refractivity (Wildman–Crippen MR) is 83.6 cm³/mol. The standard InChI is InChI=1S/C16H15ClN2O/c1-20-15-6-5-13(17)9-14(15)19-10-12-4-2-3-11-7-8-18-16(11)12/h2-9,18-19H,10H2,1H3. The van der Waals surface area contributed by atoms with Crippen molar-refractivity contribution in [3.05, 3.63) is 59.2 Å². The van der Waals surface area contributed by atoms with E-state index in [1.807, 2.05) is 24.4 Å². The topological polar surface area (TPSA) is 37.0 Å². The van der Waals surface area contributed by atoms with Crippen LogP contribution in [0, 0.1) is 0 Å². The molecule has 3 nitrogen and oxygen atoms in total.